The highest BCUT2D eigenvalue weighted by Gasteiger charge is 2.35. The maximum absolute atomic E-state index is 13.0. The molecule has 8 heteroatoms. The van der Waals surface area contributed by atoms with E-state index in [4.69, 9.17) is 28.6 Å². The highest BCUT2D eigenvalue weighted by atomic mass is 79.9. The fourth-order valence-electron chi connectivity index (χ4n) is 2.48. The lowest BCUT2D eigenvalue weighted by Gasteiger charge is -2.29. The quantitative estimate of drug-likeness (QED) is 0.436. The Balaban J connectivity index is 2.09. The van der Waals surface area contributed by atoms with Crippen LogP contribution in [0.1, 0.15) is 5.56 Å². The van der Waals surface area contributed by atoms with E-state index in [2.05, 4.69) is 21.2 Å². The van der Waals surface area contributed by atoms with Crippen molar-refractivity contribution in [2.75, 3.05) is 12.0 Å². The van der Waals surface area contributed by atoms with Gasteiger partial charge in [-0.2, -0.15) is 0 Å². The van der Waals surface area contributed by atoms with Crippen molar-refractivity contribution >= 4 is 68.4 Å². The third kappa shape index (κ3) is 3.51. The zero-order chi connectivity index (χ0) is 18.8. The highest BCUT2D eigenvalue weighted by Crippen LogP contribution is 2.30. The van der Waals surface area contributed by atoms with Crippen molar-refractivity contribution in [3.63, 3.8) is 0 Å². The Kier molecular flexibility index (Phi) is 5.41. The molecule has 1 aliphatic rings. The molecule has 1 saturated heterocycles. The number of hydrogen-bond acceptors (Lipinski definition) is 4. The number of methoxy groups -OCH3 is 1. The molecule has 1 N–H and O–H groups in total. The van der Waals surface area contributed by atoms with E-state index < -0.39 is 11.8 Å². The van der Waals surface area contributed by atoms with Crippen LogP contribution < -0.4 is 15.0 Å². The topological polar surface area (TPSA) is 58.6 Å². The first kappa shape index (κ1) is 18.6. The zero-order valence-corrected chi connectivity index (χ0v) is 16.6. The molecule has 0 aliphatic carbocycles. The van der Waals surface area contributed by atoms with E-state index in [0.29, 0.717) is 22.0 Å². The minimum Gasteiger partial charge on any atom is -0.496 e. The van der Waals surface area contributed by atoms with Crippen molar-refractivity contribution in [2.24, 2.45) is 0 Å². The predicted octanol–water partition coefficient (Wildman–Crippen LogP) is 3.94. The number of amides is 2. The monoisotopic (exact) mass is 450 g/mol. The summed E-state index contributed by atoms with van der Waals surface area (Å²) in [6, 6.07) is 12.1. The van der Waals surface area contributed by atoms with Gasteiger partial charge in [0.1, 0.15) is 11.3 Å². The summed E-state index contributed by atoms with van der Waals surface area (Å²) in [6.07, 6.45) is 1.47. The molecular weight excluding hydrogens is 440 g/mol. The van der Waals surface area contributed by atoms with E-state index in [1.54, 1.807) is 42.5 Å². The zero-order valence-electron chi connectivity index (χ0n) is 13.5. The first-order valence-corrected chi connectivity index (χ1v) is 9.00. The summed E-state index contributed by atoms with van der Waals surface area (Å²) >= 11 is 14.7. The van der Waals surface area contributed by atoms with Crippen LogP contribution >= 0.6 is 39.7 Å². The number of ether oxygens (including phenoxy) is 1. The molecule has 0 aromatic heterocycles. The van der Waals surface area contributed by atoms with Crippen LogP contribution in [0.4, 0.5) is 5.69 Å². The van der Waals surface area contributed by atoms with E-state index in [0.717, 1.165) is 4.47 Å². The van der Waals surface area contributed by atoms with Crippen molar-refractivity contribution < 1.29 is 14.3 Å². The molecule has 2 aromatic rings. The average molecular weight is 452 g/mol. The second-order valence-corrected chi connectivity index (χ2v) is 7.01. The Hall–Kier alpha value is -2.22. The number of para-hydroxylation sites is 1. The van der Waals surface area contributed by atoms with Crippen molar-refractivity contribution in [2.45, 2.75) is 0 Å². The average Bonchev–Trinajstić information content (AvgIpc) is 2.60. The van der Waals surface area contributed by atoms with E-state index in [-0.39, 0.29) is 10.7 Å². The van der Waals surface area contributed by atoms with E-state index in [1.807, 2.05) is 0 Å². The molecule has 0 spiro atoms. The summed E-state index contributed by atoms with van der Waals surface area (Å²) < 4.78 is 6.08. The maximum atomic E-state index is 13.0. The maximum Gasteiger partial charge on any atom is 0.270 e. The Morgan fingerprint density at radius 3 is 2.65 bits per heavy atom. The summed E-state index contributed by atoms with van der Waals surface area (Å²) in [6.45, 7) is 0. The summed E-state index contributed by atoms with van der Waals surface area (Å²) in [5.74, 6) is -0.613. The highest BCUT2D eigenvalue weighted by molar-refractivity contribution is 9.10. The molecule has 1 aliphatic heterocycles. The third-order valence-corrected chi connectivity index (χ3v) is 4.78. The third-order valence-electron chi connectivity index (χ3n) is 3.69. The van der Waals surface area contributed by atoms with Crippen LogP contribution in [0.5, 0.6) is 5.75 Å². The van der Waals surface area contributed by atoms with Crippen molar-refractivity contribution in [3.05, 3.63) is 63.1 Å². The van der Waals surface area contributed by atoms with Gasteiger partial charge in [0.2, 0.25) is 0 Å². The molecule has 5 nitrogen and oxygen atoms in total. The summed E-state index contributed by atoms with van der Waals surface area (Å²) in [5, 5.41) is 2.85. The number of rotatable bonds is 3. The number of carbonyl (C=O) groups excluding carboxylic acids is 2. The van der Waals surface area contributed by atoms with Gasteiger partial charge >= 0.3 is 0 Å². The van der Waals surface area contributed by atoms with Crippen molar-refractivity contribution in [1.82, 2.24) is 5.32 Å². The van der Waals surface area contributed by atoms with Gasteiger partial charge in [0.25, 0.3) is 11.8 Å². The minimum absolute atomic E-state index is 0.0218. The number of carbonyl (C=O) groups is 2. The van der Waals surface area contributed by atoms with Crippen LogP contribution in [-0.4, -0.2) is 24.0 Å². The number of nitrogens with zero attached hydrogens (tertiary/aromatic N) is 1. The molecule has 0 saturated carbocycles. The summed E-state index contributed by atoms with van der Waals surface area (Å²) in [5.41, 5.74) is 0.901. The van der Waals surface area contributed by atoms with Crippen LogP contribution in [0.25, 0.3) is 6.08 Å². The largest absolute Gasteiger partial charge is 0.496 e. The van der Waals surface area contributed by atoms with Crippen LogP contribution in [0.3, 0.4) is 0 Å². The van der Waals surface area contributed by atoms with Crippen molar-refractivity contribution in [1.29, 1.82) is 0 Å². The molecule has 2 amide bonds. The normalized spacial score (nSPS) is 16.0. The Bertz CT molecular complexity index is 961. The first-order chi connectivity index (χ1) is 12.4. The van der Waals surface area contributed by atoms with Gasteiger partial charge in [-0.1, -0.05) is 39.7 Å². The van der Waals surface area contributed by atoms with E-state index >= 15 is 0 Å². The van der Waals surface area contributed by atoms with Crippen LogP contribution in [0.15, 0.2) is 52.5 Å². The number of nitrogens with one attached hydrogen (secondary N) is 1. The number of benzene rings is 2. The van der Waals surface area contributed by atoms with Crippen LogP contribution in [0.2, 0.25) is 5.02 Å². The fraction of sp³-hybridized carbons (Fsp3) is 0.0556. The smallest absolute Gasteiger partial charge is 0.270 e. The van der Waals surface area contributed by atoms with Gasteiger partial charge in [0.15, 0.2) is 5.11 Å². The Labute approximate surface area is 168 Å². The number of halogens is 2. The molecule has 132 valence electrons. The molecule has 3 rings (SSSR count). The fourth-order valence-corrected chi connectivity index (χ4v) is 3.36. The van der Waals surface area contributed by atoms with Gasteiger partial charge in [0, 0.05) is 10.0 Å². The summed E-state index contributed by atoms with van der Waals surface area (Å²) in [7, 11) is 1.51. The molecule has 2 aromatic carbocycles. The molecule has 1 fully saturated rings. The predicted molar refractivity (Wildman–Crippen MR) is 108 cm³/mol. The standard InChI is InChI=1S/C18H12BrClN2O3S/c1-25-15-7-6-11(19)8-10(15)9-12-16(23)21-18(26)22(17(12)24)14-5-3-2-4-13(14)20/h2-9H,1H3,(H,21,23,26)/b12-9+. The number of thiocarbonyl (C=S) groups is 1. The van der Waals surface area contributed by atoms with E-state index in [9.17, 15) is 9.59 Å². The van der Waals surface area contributed by atoms with Gasteiger partial charge in [0.05, 0.1) is 17.8 Å². The lowest BCUT2D eigenvalue weighted by molar-refractivity contribution is -0.122. The SMILES string of the molecule is COc1ccc(Br)cc1/C=C1\C(=O)NC(=S)N(c2ccccc2Cl)C1=O. The van der Waals surface area contributed by atoms with Crippen LogP contribution in [-0.2, 0) is 9.59 Å². The van der Waals surface area contributed by atoms with Gasteiger partial charge in [-0.05, 0) is 48.6 Å². The van der Waals surface area contributed by atoms with Gasteiger partial charge in [-0.15, -0.1) is 0 Å². The Morgan fingerprint density at radius 2 is 1.96 bits per heavy atom. The van der Waals surface area contributed by atoms with Crippen LogP contribution in [0, 0.1) is 0 Å². The number of hydrogen-bond donors (Lipinski definition) is 1. The van der Waals surface area contributed by atoms with Gasteiger partial charge < -0.3 is 4.74 Å². The number of anilines is 1. The molecular formula is C18H12BrClN2O3S. The minimum atomic E-state index is -0.578. The lowest BCUT2D eigenvalue weighted by Crippen LogP contribution is -2.54. The Morgan fingerprint density at radius 1 is 1.23 bits per heavy atom. The summed E-state index contributed by atoms with van der Waals surface area (Å²) in [4.78, 5) is 26.6. The van der Waals surface area contributed by atoms with E-state index in [1.165, 1.54) is 18.1 Å². The molecule has 0 atom stereocenters. The van der Waals surface area contributed by atoms with Crippen molar-refractivity contribution in [3.8, 4) is 5.75 Å². The molecule has 0 bridgehead atoms. The van der Waals surface area contributed by atoms with Gasteiger partial charge in [-0.3, -0.25) is 19.8 Å². The van der Waals surface area contributed by atoms with Gasteiger partial charge in [-0.25, -0.2) is 0 Å². The molecule has 0 radical (unpaired) electrons. The lowest BCUT2D eigenvalue weighted by atomic mass is 10.1. The molecule has 0 unspecified atom stereocenters. The second-order valence-electron chi connectivity index (χ2n) is 5.30. The first-order valence-electron chi connectivity index (χ1n) is 7.42. The second kappa shape index (κ2) is 7.57. The molecule has 26 heavy (non-hydrogen) atoms. The molecule has 1 heterocycles.